The number of aliphatic hydroxyl groups excluding tert-OH is 1. The number of halogens is 5. The second kappa shape index (κ2) is 17.5. The van der Waals surface area contributed by atoms with Gasteiger partial charge in [-0.15, -0.1) is 0 Å². The summed E-state index contributed by atoms with van der Waals surface area (Å²) in [4.78, 5) is 48.4. The van der Waals surface area contributed by atoms with Crippen molar-refractivity contribution in [3.05, 3.63) is 76.5 Å². The molecule has 0 aliphatic carbocycles. The number of carbonyl (C=O) groups excluding carboxylic acids is 3. The van der Waals surface area contributed by atoms with E-state index in [0.29, 0.717) is 44.8 Å². The maximum Gasteiger partial charge on any atom is 0.345 e. The van der Waals surface area contributed by atoms with Crippen LogP contribution in [0.2, 0.25) is 5.02 Å². The number of rotatable bonds is 14. The molecule has 13 nitrogen and oxygen atoms in total. The SMILES string of the molecule is Cc1c(-c2ccc(-c3cnc(C(=O)Nc4ccc(C(=O)N5CCN(C(=O)CC[C@@H](O)CN(C)C)CC5)c(Cl)c4)n3C)c(F)c2F)cnn1CCOC(F)F. The predicted octanol–water partition coefficient (Wildman–Crippen LogP) is 4.67. The molecule has 3 heterocycles. The van der Waals surface area contributed by atoms with Crippen LogP contribution in [0.25, 0.3) is 22.4 Å². The molecule has 0 saturated carbocycles. The highest BCUT2D eigenvalue weighted by molar-refractivity contribution is 6.34. The molecule has 2 aromatic carbocycles. The summed E-state index contributed by atoms with van der Waals surface area (Å²) >= 11 is 6.48. The number of benzene rings is 2. The Balaban J connectivity index is 1.20. The average molecular weight is 777 g/mol. The fourth-order valence-electron chi connectivity index (χ4n) is 6.23. The zero-order valence-electron chi connectivity index (χ0n) is 30.2. The van der Waals surface area contributed by atoms with Gasteiger partial charge in [0, 0.05) is 74.3 Å². The monoisotopic (exact) mass is 776 g/mol. The molecule has 1 saturated heterocycles. The Hall–Kier alpha value is -4.84. The van der Waals surface area contributed by atoms with Gasteiger partial charge in [0.05, 0.1) is 47.9 Å². The highest BCUT2D eigenvalue weighted by Gasteiger charge is 2.27. The van der Waals surface area contributed by atoms with Gasteiger partial charge in [0.1, 0.15) is 0 Å². The maximum absolute atomic E-state index is 15.5. The molecule has 3 amide bonds. The van der Waals surface area contributed by atoms with Crippen LogP contribution in [-0.2, 0) is 23.1 Å². The number of piperazine rings is 1. The van der Waals surface area contributed by atoms with Crippen molar-refractivity contribution in [1.29, 1.82) is 0 Å². The van der Waals surface area contributed by atoms with Gasteiger partial charge in [0.25, 0.3) is 11.8 Å². The number of aliphatic hydroxyl groups is 1. The summed E-state index contributed by atoms with van der Waals surface area (Å²) in [6, 6.07) is 7.10. The molecule has 4 aromatic rings. The van der Waals surface area contributed by atoms with Crippen LogP contribution >= 0.6 is 11.6 Å². The Labute approximate surface area is 314 Å². The predicted molar refractivity (Wildman–Crippen MR) is 192 cm³/mol. The molecule has 0 spiro atoms. The summed E-state index contributed by atoms with van der Waals surface area (Å²) in [6.45, 7) is 0.0965. The van der Waals surface area contributed by atoms with E-state index in [9.17, 15) is 28.3 Å². The lowest BCUT2D eigenvalue weighted by molar-refractivity contribution is -0.133. The number of ether oxygens (including phenoxy) is 1. The van der Waals surface area contributed by atoms with Crippen LogP contribution in [0.4, 0.5) is 23.2 Å². The number of amides is 3. The molecule has 1 atom stereocenters. The van der Waals surface area contributed by atoms with Crippen LogP contribution in [0, 0.1) is 18.6 Å². The molecule has 1 aliphatic rings. The van der Waals surface area contributed by atoms with Crippen molar-refractivity contribution >= 4 is 35.0 Å². The minimum atomic E-state index is -2.94. The normalized spacial score (nSPS) is 13.9. The van der Waals surface area contributed by atoms with Crippen LogP contribution in [-0.4, -0.2) is 123 Å². The van der Waals surface area contributed by atoms with Crippen molar-refractivity contribution in [2.45, 2.75) is 39.0 Å². The van der Waals surface area contributed by atoms with E-state index in [1.54, 1.807) is 16.7 Å². The zero-order chi connectivity index (χ0) is 39.3. The number of alkyl halides is 2. The Morgan fingerprint density at radius 3 is 2.33 bits per heavy atom. The number of carbonyl (C=O) groups is 3. The lowest BCUT2D eigenvalue weighted by atomic mass is 10.0. The van der Waals surface area contributed by atoms with Gasteiger partial charge in [0.15, 0.2) is 17.5 Å². The number of nitrogens with zero attached hydrogens (tertiary/aromatic N) is 7. The van der Waals surface area contributed by atoms with E-state index in [0.717, 1.165) is 0 Å². The van der Waals surface area contributed by atoms with Crippen molar-refractivity contribution in [3.8, 4) is 22.4 Å². The lowest BCUT2D eigenvalue weighted by Gasteiger charge is -2.35. The van der Waals surface area contributed by atoms with Gasteiger partial charge in [-0.25, -0.2) is 13.8 Å². The topological polar surface area (TPSA) is 138 Å². The zero-order valence-corrected chi connectivity index (χ0v) is 30.9. The molecule has 0 unspecified atom stereocenters. The van der Waals surface area contributed by atoms with Gasteiger partial charge in [-0.1, -0.05) is 17.7 Å². The fourth-order valence-corrected chi connectivity index (χ4v) is 6.50. The van der Waals surface area contributed by atoms with Crippen molar-refractivity contribution < 1.29 is 41.8 Å². The van der Waals surface area contributed by atoms with Gasteiger partial charge in [-0.05, 0) is 51.7 Å². The molecule has 18 heteroatoms. The fraction of sp³-hybridized carbons (Fsp3) is 0.417. The molecule has 2 N–H and O–H groups in total. The first-order valence-electron chi connectivity index (χ1n) is 17.1. The molecular formula is C36H41ClF4N8O5. The van der Waals surface area contributed by atoms with Crippen LogP contribution in [0.15, 0.2) is 42.7 Å². The van der Waals surface area contributed by atoms with Crippen molar-refractivity contribution in [2.24, 2.45) is 7.05 Å². The third-order valence-electron chi connectivity index (χ3n) is 9.13. The van der Waals surface area contributed by atoms with Crippen LogP contribution in [0.1, 0.15) is 39.5 Å². The highest BCUT2D eigenvalue weighted by Crippen LogP contribution is 2.33. The van der Waals surface area contributed by atoms with E-state index in [1.807, 2.05) is 19.0 Å². The quantitative estimate of drug-likeness (QED) is 0.177. The van der Waals surface area contributed by atoms with Crippen LogP contribution < -0.4 is 5.32 Å². The molecule has 290 valence electrons. The number of hydrogen-bond acceptors (Lipinski definition) is 8. The standard InChI is InChI=1S/C36H41ClF4N8O5/c1-21-27(18-43-49(21)15-16-54-36(40)41)24-8-9-26(32(39)31(24)38)29-19-42-33(46(29)4)34(52)44-22-5-7-25(28(37)17-22)35(53)48-13-11-47(12-14-48)30(51)10-6-23(50)20-45(2)3/h5,7-9,17-19,23,36,50H,6,10-16,20H2,1-4H3,(H,44,52)/t23-/m1/s1. The van der Waals surface area contributed by atoms with Gasteiger partial charge in [-0.2, -0.15) is 13.9 Å². The summed E-state index contributed by atoms with van der Waals surface area (Å²) in [7, 11) is 5.16. The summed E-state index contributed by atoms with van der Waals surface area (Å²) < 4.78 is 62.5. The number of likely N-dealkylation sites (N-methyl/N-ethyl adjacent to an activating group) is 1. The summed E-state index contributed by atoms with van der Waals surface area (Å²) in [6.07, 6.45) is 2.51. The van der Waals surface area contributed by atoms with Gasteiger partial charge < -0.3 is 34.4 Å². The minimum Gasteiger partial charge on any atom is -0.392 e. The van der Waals surface area contributed by atoms with Gasteiger partial charge in [0.2, 0.25) is 5.91 Å². The molecule has 0 bridgehead atoms. The van der Waals surface area contributed by atoms with E-state index in [-0.39, 0.29) is 75.9 Å². The van der Waals surface area contributed by atoms with E-state index in [1.165, 1.54) is 59.0 Å². The van der Waals surface area contributed by atoms with E-state index in [4.69, 9.17) is 11.6 Å². The Bertz CT molecular complexity index is 2000. The van der Waals surface area contributed by atoms with Gasteiger partial charge in [-0.3, -0.25) is 19.1 Å². The molecule has 2 aromatic heterocycles. The third kappa shape index (κ3) is 9.26. The number of aromatic nitrogens is 4. The Morgan fingerprint density at radius 2 is 1.67 bits per heavy atom. The Morgan fingerprint density at radius 1 is 1.00 bits per heavy atom. The molecular weight excluding hydrogens is 736 g/mol. The molecule has 1 aliphatic heterocycles. The van der Waals surface area contributed by atoms with Crippen LogP contribution in [0.5, 0.6) is 0 Å². The van der Waals surface area contributed by atoms with E-state index >= 15 is 8.78 Å². The van der Waals surface area contributed by atoms with Gasteiger partial charge >= 0.3 is 6.61 Å². The first-order chi connectivity index (χ1) is 25.7. The third-order valence-corrected chi connectivity index (χ3v) is 9.45. The highest BCUT2D eigenvalue weighted by atomic mass is 35.5. The minimum absolute atomic E-state index is 0.0134. The van der Waals surface area contributed by atoms with Crippen molar-refractivity contribution in [2.75, 3.05) is 58.7 Å². The first kappa shape index (κ1) is 40.3. The van der Waals surface area contributed by atoms with Crippen molar-refractivity contribution in [3.63, 3.8) is 0 Å². The number of nitrogens with one attached hydrogen (secondary N) is 1. The lowest BCUT2D eigenvalue weighted by Crippen LogP contribution is -2.50. The molecule has 5 rings (SSSR count). The largest absolute Gasteiger partial charge is 0.392 e. The second-order valence-corrected chi connectivity index (χ2v) is 13.5. The second-order valence-electron chi connectivity index (χ2n) is 13.1. The summed E-state index contributed by atoms with van der Waals surface area (Å²) in [5.41, 5.74) is 1.03. The van der Waals surface area contributed by atoms with E-state index in [2.05, 4.69) is 20.1 Å². The van der Waals surface area contributed by atoms with Crippen molar-refractivity contribution in [1.82, 2.24) is 34.0 Å². The smallest absolute Gasteiger partial charge is 0.345 e. The van der Waals surface area contributed by atoms with Crippen LogP contribution in [0.3, 0.4) is 0 Å². The number of imidazole rings is 1. The first-order valence-corrected chi connectivity index (χ1v) is 17.5. The summed E-state index contributed by atoms with van der Waals surface area (Å²) in [5.74, 6) is -3.56. The summed E-state index contributed by atoms with van der Waals surface area (Å²) in [5, 5.41) is 16.9. The molecule has 54 heavy (non-hydrogen) atoms. The molecule has 1 fully saturated rings. The van der Waals surface area contributed by atoms with E-state index < -0.39 is 30.3 Å². The number of anilines is 1. The Kier molecular flexibility index (Phi) is 13.1. The average Bonchev–Trinajstić information content (AvgIpc) is 3.69. The number of hydrogen-bond donors (Lipinski definition) is 2. The maximum atomic E-state index is 15.5. The molecule has 0 radical (unpaired) electrons.